The summed E-state index contributed by atoms with van der Waals surface area (Å²) >= 11 is 1.50. The van der Waals surface area contributed by atoms with Crippen LogP contribution in [0.2, 0.25) is 0 Å². The maximum absolute atomic E-state index is 11.5. The van der Waals surface area contributed by atoms with Gasteiger partial charge in [0.2, 0.25) is 5.91 Å². The van der Waals surface area contributed by atoms with E-state index in [2.05, 4.69) is 22.2 Å². The van der Waals surface area contributed by atoms with Gasteiger partial charge in [0.1, 0.15) is 0 Å². The van der Waals surface area contributed by atoms with Crippen LogP contribution < -0.4 is 10.2 Å². The van der Waals surface area contributed by atoms with Crippen molar-refractivity contribution >= 4 is 22.4 Å². The number of hydrogen-bond donors (Lipinski definition) is 1. The number of hydrogen-bond acceptors (Lipinski definition) is 5. The molecule has 2 aromatic rings. The highest BCUT2D eigenvalue weighted by molar-refractivity contribution is 7.14. The van der Waals surface area contributed by atoms with E-state index in [1.165, 1.54) is 11.3 Å². The summed E-state index contributed by atoms with van der Waals surface area (Å²) in [5.74, 6) is 0.0215. The van der Waals surface area contributed by atoms with Gasteiger partial charge in [0, 0.05) is 37.6 Å². The zero-order chi connectivity index (χ0) is 15.2. The van der Waals surface area contributed by atoms with Crippen LogP contribution in [0.25, 0.3) is 0 Å². The number of rotatable bonds is 6. The van der Waals surface area contributed by atoms with Gasteiger partial charge in [-0.15, -0.1) is 11.3 Å². The molecule has 2 aromatic heterocycles. The van der Waals surface area contributed by atoms with Crippen LogP contribution >= 0.6 is 11.3 Å². The molecule has 1 amide bonds. The molecule has 21 heavy (non-hydrogen) atoms. The molecule has 0 aliphatic rings. The fourth-order valence-electron chi connectivity index (χ4n) is 1.99. The minimum atomic E-state index is 0.0215. The molecule has 1 unspecified atom stereocenters. The lowest BCUT2D eigenvalue weighted by atomic mass is 10.2. The lowest BCUT2D eigenvalue weighted by Crippen LogP contribution is -2.27. The standard InChI is InChI=1S/C15H20N4OS/c1-4-19(12(3)20)15-18-13(10-21-15)9-17-11(2)14-7-5-6-8-16-14/h5-8,10-11,17H,4,9H2,1-3H3. The summed E-state index contributed by atoms with van der Waals surface area (Å²) in [6, 6.07) is 6.04. The highest BCUT2D eigenvalue weighted by atomic mass is 32.1. The van der Waals surface area contributed by atoms with Crippen molar-refractivity contribution in [1.29, 1.82) is 0 Å². The summed E-state index contributed by atoms with van der Waals surface area (Å²) in [6.45, 7) is 6.88. The molecule has 0 saturated heterocycles. The second kappa shape index (κ2) is 7.28. The van der Waals surface area contributed by atoms with Crippen LogP contribution in [-0.2, 0) is 11.3 Å². The van der Waals surface area contributed by atoms with Gasteiger partial charge in [-0.25, -0.2) is 4.98 Å². The first-order valence-corrected chi connectivity index (χ1v) is 7.86. The van der Waals surface area contributed by atoms with E-state index in [-0.39, 0.29) is 11.9 Å². The molecule has 0 radical (unpaired) electrons. The van der Waals surface area contributed by atoms with Crippen molar-refractivity contribution in [2.24, 2.45) is 0 Å². The minimum Gasteiger partial charge on any atom is -0.303 e. The first-order chi connectivity index (χ1) is 10.1. The number of aromatic nitrogens is 2. The molecule has 0 aliphatic carbocycles. The average molecular weight is 304 g/mol. The monoisotopic (exact) mass is 304 g/mol. The normalized spacial score (nSPS) is 12.1. The lowest BCUT2D eigenvalue weighted by Gasteiger charge is -2.15. The van der Waals surface area contributed by atoms with E-state index in [9.17, 15) is 4.79 Å². The van der Waals surface area contributed by atoms with Gasteiger partial charge in [0.25, 0.3) is 0 Å². The smallest absolute Gasteiger partial charge is 0.225 e. The van der Waals surface area contributed by atoms with E-state index in [4.69, 9.17) is 0 Å². The molecule has 5 nitrogen and oxygen atoms in total. The molecule has 6 heteroatoms. The van der Waals surface area contributed by atoms with Crippen molar-refractivity contribution in [3.63, 3.8) is 0 Å². The average Bonchev–Trinajstić information content (AvgIpc) is 2.94. The van der Waals surface area contributed by atoms with Crippen molar-refractivity contribution in [1.82, 2.24) is 15.3 Å². The molecule has 0 fully saturated rings. The van der Waals surface area contributed by atoms with Crippen molar-refractivity contribution in [2.45, 2.75) is 33.4 Å². The van der Waals surface area contributed by atoms with E-state index < -0.39 is 0 Å². The number of nitrogens with one attached hydrogen (secondary N) is 1. The molecule has 0 spiro atoms. The van der Waals surface area contributed by atoms with Gasteiger partial charge < -0.3 is 5.32 Å². The molecular weight excluding hydrogens is 284 g/mol. The number of anilines is 1. The summed E-state index contributed by atoms with van der Waals surface area (Å²) in [5, 5.41) is 6.13. The molecule has 0 bridgehead atoms. The molecule has 1 atom stereocenters. The number of carbonyl (C=O) groups is 1. The van der Waals surface area contributed by atoms with Gasteiger partial charge in [0.05, 0.1) is 11.4 Å². The molecule has 1 N–H and O–H groups in total. The third-order valence-electron chi connectivity index (χ3n) is 3.19. The van der Waals surface area contributed by atoms with Crippen LogP contribution in [-0.4, -0.2) is 22.4 Å². The fraction of sp³-hybridized carbons (Fsp3) is 0.400. The number of thiazole rings is 1. The third-order valence-corrected chi connectivity index (χ3v) is 4.10. The van der Waals surface area contributed by atoms with Crippen molar-refractivity contribution in [3.05, 3.63) is 41.2 Å². The predicted octanol–water partition coefficient (Wildman–Crippen LogP) is 2.76. The largest absolute Gasteiger partial charge is 0.303 e. The van der Waals surface area contributed by atoms with Crippen LogP contribution in [0.1, 0.15) is 38.2 Å². The number of nitrogens with zero attached hydrogens (tertiary/aromatic N) is 3. The van der Waals surface area contributed by atoms with Crippen LogP contribution in [0, 0.1) is 0 Å². The Balaban J connectivity index is 1.95. The van der Waals surface area contributed by atoms with E-state index in [0.29, 0.717) is 13.1 Å². The van der Waals surface area contributed by atoms with Crippen molar-refractivity contribution < 1.29 is 4.79 Å². The Morgan fingerprint density at radius 3 is 2.90 bits per heavy atom. The first kappa shape index (κ1) is 15.6. The molecule has 112 valence electrons. The van der Waals surface area contributed by atoms with Gasteiger partial charge in [-0.2, -0.15) is 0 Å². The van der Waals surface area contributed by atoms with E-state index in [0.717, 1.165) is 16.5 Å². The van der Waals surface area contributed by atoms with Crippen molar-refractivity contribution in [3.8, 4) is 0 Å². The summed E-state index contributed by atoms with van der Waals surface area (Å²) < 4.78 is 0. The quantitative estimate of drug-likeness (QED) is 0.891. The molecule has 0 aliphatic heterocycles. The SMILES string of the molecule is CCN(C(C)=O)c1nc(CNC(C)c2ccccn2)cs1. The summed E-state index contributed by atoms with van der Waals surface area (Å²) in [5.41, 5.74) is 1.95. The van der Waals surface area contributed by atoms with E-state index in [1.807, 2.05) is 30.5 Å². The van der Waals surface area contributed by atoms with E-state index >= 15 is 0 Å². The number of pyridine rings is 1. The zero-order valence-electron chi connectivity index (χ0n) is 12.5. The maximum Gasteiger partial charge on any atom is 0.225 e. The highest BCUT2D eigenvalue weighted by Crippen LogP contribution is 2.21. The van der Waals surface area contributed by atoms with Crippen molar-refractivity contribution in [2.75, 3.05) is 11.4 Å². The van der Waals surface area contributed by atoms with Gasteiger partial charge in [-0.05, 0) is 26.0 Å². The number of carbonyl (C=O) groups excluding carboxylic acids is 1. The molecule has 0 saturated carbocycles. The Labute approximate surface area is 129 Å². The first-order valence-electron chi connectivity index (χ1n) is 6.98. The fourth-order valence-corrected chi connectivity index (χ4v) is 2.92. The Morgan fingerprint density at radius 2 is 2.29 bits per heavy atom. The summed E-state index contributed by atoms with van der Waals surface area (Å²) in [4.78, 5) is 22.0. The Bertz CT molecular complexity index is 584. The van der Waals surface area contributed by atoms with Gasteiger partial charge in [-0.3, -0.25) is 14.7 Å². The highest BCUT2D eigenvalue weighted by Gasteiger charge is 2.14. The van der Waals surface area contributed by atoms with Crippen LogP contribution in [0.3, 0.4) is 0 Å². The van der Waals surface area contributed by atoms with Crippen LogP contribution in [0.5, 0.6) is 0 Å². The second-order valence-electron chi connectivity index (χ2n) is 4.74. The Morgan fingerprint density at radius 1 is 1.48 bits per heavy atom. The summed E-state index contributed by atoms with van der Waals surface area (Å²) in [6.07, 6.45) is 1.79. The summed E-state index contributed by atoms with van der Waals surface area (Å²) in [7, 11) is 0. The topological polar surface area (TPSA) is 58.1 Å². The Hall–Kier alpha value is -1.79. The molecule has 2 heterocycles. The van der Waals surface area contributed by atoms with Gasteiger partial charge >= 0.3 is 0 Å². The lowest BCUT2D eigenvalue weighted by molar-refractivity contribution is -0.116. The zero-order valence-corrected chi connectivity index (χ0v) is 13.4. The van der Waals surface area contributed by atoms with Gasteiger partial charge in [-0.1, -0.05) is 6.07 Å². The van der Waals surface area contributed by atoms with E-state index in [1.54, 1.807) is 18.0 Å². The van der Waals surface area contributed by atoms with Crippen LogP contribution in [0.4, 0.5) is 5.13 Å². The second-order valence-corrected chi connectivity index (χ2v) is 5.58. The number of amides is 1. The maximum atomic E-state index is 11.5. The Kier molecular flexibility index (Phi) is 5.41. The molecule has 0 aromatic carbocycles. The molecular formula is C15H20N4OS. The third kappa shape index (κ3) is 4.09. The minimum absolute atomic E-state index is 0.0215. The molecule has 2 rings (SSSR count). The predicted molar refractivity (Wildman–Crippen MR) is 85.3 cm³/mol. The van der Waals surface area contributed by atoms with Crippen LogP contribution in [0.15, 0.2) is 29.8 Å². The van der Waals surface area contributed by atoms with Gasteiger partial charge in [0.15, 0.2) is 5.13 Å².